The molecule has 0 aliphatic carbocycles. The Bertz CT molecular complexity index is 217. The maximum atomic E-state index is 12.0. The van der Waals surface area contributed by atoms with E-state index in [0.29, 0.717) is 18.4 Å². The van der Waals surface area contributed by atoms with Crippen molar-refractivity contribution in [2.24, 2.45) is 0 Å². The lowest BCUT2D eigenvalue weighted by Gasteiger charge is -2.22. The quantitative estimate of drug-likeness (QED) is 0.603. The van der Waals surface area contributed by atoms with Gasteiger partial charge >= 0.3 is 0 Å². The third-order valence-electron chi connectivity index (χ3n) is 2.89. The van der Waals surface area contributed by atoms with Crippen molar-refractivity contribution in [2.75, 3.05) is 40.3 Å². The lowest BCUT2D eigenvalue weighted by atomic mass is 10.2. The molecular formula is C14H31N3O. The van der Waals surface area contributed by atoms with Gasteiger partial charge in [0, 0.05) is 25.6 Å². The molecule has 1 N–H and O–H groups in total. The van der Waals surface area contributed by atoms with Crippen LogP contribution in [0.4, 0.5) is 0 Å². The van der Waals surface area contributed by atoms with Crippen LogP contribution in [0.5, 0.6) is 0 Å². The summed E-state index contributed by atoms with van der Waals surface area (Å²) in [4.78, 5) is 16.1. The second-order valence-electron chi connectivity index (χ2n) is 5.34. The van der Waals surface area contributed by atoms with E-state index in [-0.39, 0.29) is 0 Å². The van der Waals surface area contributed by atoms with Gasteiger partial charge in [-0.15, -0.1) is 0 Å². The Hall–Kier alpha value is -0.610. The van der Waals surface area contributed by atoms with E-state index < -0.39 is 0 Å². The summed E-state index contributed by atoms with van der Waals surface area (Å²) in [7, 11) is 4.13. The normalized spacial score (nSPS) is 11.3. The highest BCUT2D eigenvalue weighted by Gasteiger charge is 2.10. The molecule has 0 atom stereocenters. The Kier molecular flexibility index (Phi) is 9.98. The van der Waals surface area contributed by atoms with Crippen LogP contribution in [0.15, 0.2) is 0 Å². The van der Waals surface area contributed by atoms with Crippen LogP contribution in [-0.2, 0) is 4.79 Å². The summed E-state index contributed by atoms with van der Waals surface area (Å²) in [5.74, 6) is 0.293. The van der Waals surface area contributed by atoms with E-state index in [0.717, 1.165) is 39.0 Å². The molecule has 108 valence electrons. The Morgan fingerprint density at radius 3 is 2.33 bits per heavy atom. The summed E-state index contributed by atoms with van der Waals surface area (Å²) in [6, 6.07) is 0.502. The van der Waals surface area contributed by atoms with E-state index in [1.807, 2.05) is 4.90 Å². The van der Waals surface area contributed by atoms with Gasteiger partial charge in [-0.1, -0.05) is 13.8 Å². The molecule has 0 fully saturated rings. The molecule has 0 saturated carbocycles. The van der Waals surface area contributed by atoms with Crippen molar-refractivity contribution < 1.29 is 4.79 Å². The second-order valence-corrected chi connectivity index (χ2v) is 5.34. The van der Waals surface area contributed by atoms with Crippen molar-refractivity contribution in [3.63, 3.8) is 0 Å². The van der Waals surface area contributed by atoms with Crippen molar-refractivity contribution >= 4 is 5.91 Å². The van der Waals surface area contributed by atoms with Gasteiger partial charge in [-0.25, -0.2) is 0 Å². The molecule has 18 heavy (non-hydrogen) atoms. The Balaban J connectivity index is 3.74. The summed E-state index contributed by atoms with van der Waals surface area (Å²) in [6.07, 6.45) is 2.65. The minimum absolute atomic E-state index is 0.293. The molecule has 0 unspecified atom stereocenters. The van der Waals surface area contributed by atoms with Gasteiger partial charge in [0.15, 0.2) is 0 Å². The van der Waals surface area contributed by atoms with Crippen LogP contribution in [0.25, 0.3) is 0 Å². The van der Waals surface area contributed by atoms with Gasteiger partial charge < -0.3 is 15.1 Å². The van der Waals surface area contributed by atoms with E-state index >= 15 is 0 Å². The zero-order chi connectivity index (χ0) is 14.0. The van der Waals surface area contributed by atoms with Crippen LogP contribution >= 0.6 is 0 Å². The Morgan fingerprint density at radius 2 is 1.83 bits per heavy atom. The first-order chi connectivity index (χ1) is 8.47. The number of carbonyl (C=O) groups is 1. The molecule has 4 heteroatoms. The van der Waals surface area contributed by atoms with E-state index in [2.05, 4.69) is 45.1 Å². The third kappa shape index (κ3) is 9.42. The average Bonchev–Trinajstić information content (AvgIpc) is 2.29. The standard InChI is InChI=1S/C14H31N3O/c1-6-17(12-8-11-16(4)5)14(18)9-7-10-15-13(2)3/h13,15H,6-12H2,1-5H3. The monoisotopic (exact) mass is 257 g/mol. The van der Waals surface area contributed by atoms with Crippen LogP contribution in [0.2, 0.25) is 0 Å². The van der Waals surface area contributed by atoms with Gasteiger partial charge in [-0.3, -0.25) is 4.79 Å². The minimum Gasteiger partial charge on any atom is -0.343 e. The van der Waals surface area contributed by atoms with Crippen LogP contribution in [0.1, 0.15) is 40.0 Å². The number of nitrogens with zero attached hydrogens (tertiary/aromatic N) is 2. The molecule has 0 saturated heterocycles. The van der Waals surface area contributed by atoms with Gasteiger partial charge in [0.1, 0.15) is 0 Å². The molecule has 0 aromatic carbocycles. The number of rotatable bonds is 10. The fourth-order valence-corrected chi connectivity index (χ4v) is 1.83. The van der Waals surface area contributed by atoms with E-state index in [4.69, 9.17) is 0 Å². The molecule has 1 amide bonds. The zero-order valence-corrected chi connectivity index (χ0v) is 12.8. The number of carbonyl (C=O) groups excluding carboxylic acids is 1. The summed E-state index contributed by atoms with van der Waals surface area (Å²) in [6.45, 7) is 9.98. The summed E-state index contributed by atoms with van der Waals surface area (Å²) < 4.78 is 0. The predicted molar refractivity (Wildman–Crippen MR) is 77.8 cm³/mol. The first kappa shape index (κ1) is 17.4. The van der Waals surface area contributed by atoms with Gasteiger partial charge in [-0.05, 0) is 47.0 Å². The number of hydrogen-bond donors (Lipinski definition) is 1. The van der Waals surface area contributed by atoms with Gasteiger partial charge in [0.2, 0.25) is 5.91 Å². The maximum Gasteiger partial charge on any atom is 0.222 e. The van der Waals surface area contributed by atoms with Crippen molar-refractivity contribution in [3.8, 4) is 0 Å². The first-order valence-electron chi connectivity index (χ1n) is 7.13. The molecule has 4 nitrogen and oxygen atoms in total. The van der Waals surface area contributed by atoms with Crippen LogP contribution in [0, 0.1) is 0 Å². The second kappa shape index (κ2) is 10.3. The SMILES string of the molecule is CCN(CCCN(C)C)C(=O)CCCNC(C)C. The van der Waals surface area contributed by atoms with Crippen LogP contribution in [-0.4, -0.2) is 62.0 Å². The van der Waals surface area contributed by atoms with Crippen molar-refractivity contribution in [1.82, 2.24) is 15.1 Å². The van der Waals surface area contributed by atoms with Crippen molar-refractivity contribution in [2.45, 2.75) is 46.1 Å². The highest BCUT2D eigenvalue weighted by atomic mass is 16.2. The van der Waals surface area contributed by atoms with Crippen LogP contribution < -0.4 is 5.32 Å². The summed E-state index contributed by atoms with van der Waals surface area (Å²) in [5.41, 5.74) is 0. The maximum absolute atomic E-state index is 12.0. The molecule has 0 aliphatic rings. The number of nitrogens with one attached hydrogen (secondary N) is 1. The highest BCUT2D eigenvalue weighted by molar-refractivity contribution is 5.76. The highest BCUT2D eigenvalue weighted by Crippen LogP contribution is 2.00. The fourth-order valence-electron chi connectivity index (χ4n) is 1.83. The van der Waals surface area contributed by atoms with E-state index in [1.54, 1.807) is 0 Å². The smallest absolute Gasteiger partial charge is 0.222 e. The molecule has 0 aliphatic heterocycles. The topological polar surface area (TPSA) is 35.6 Å². The molecule has 0 radical (unpaired) electrons. The van der Waals surface area contributed by atoms with Gasteiger partial charge in [0.05, 0.1) is 0 Å². The Morgan fingerprint density at radius 1 is 1.17 bits per heavy atom. The Labute approximate surface area is 113 Å². The molecule has 0 rings (SSSR count). The number of hydrogen-bond acceptors (Lipinski definition) is 3. The average molecular weight is 257 g/mol. The first-order valence-corrected chi connectivity index (χ1v) is 7.13. The molecule has 0 bridgehead atoms. The summed E-state index contributed by atoms with van der Waals surface area (Å²) >= 11 is 0. The lowest BCUT2D eigenvalue weighted by molar-refractivity contribution is -0.131. The zero-order valence-electron chi connectivity index (χ0n) is 12.8. The number of amides is 1. The molecule has 0 aromatic rings. The van der Waals surface area contributed by atoms with E-state index in [1.165, 1.54) is 0 Å². The van der Waals surface area contributed by atoms with Crippen molar-refractivity contribution in [3.05, 3.63) is 0 Å². The van der Waals surface area contributed by atoms with E-state index in [9.17, 15) is 4.79 Å². The molecular weight excluding hydrogens is 226 g/mol. The minimum atomic E-state index is 0.293. The largest absolute Gasteiger partial charge is 0.343 e. The molecule has 0 spiro atoms. The third-order valence-corrected chi connectivity index (χ3v) is 2.89. The fraction of sp³-hybridized carbons (Fsp3) is 0.929. The lowest BCUT2D eigenvalue weighted by Crippen LogP contribution is -2.34. The van der Waals surface area contributed by atoms with Gasteiger partial charge in [-0.2, -0.15) is 0 Å². The van der Waals surface area contributed by atoms with Crippen LogP contribution in [0.3, 0.4) is 0 Å². The molecule has 0 aromatic heterocycles. The van der Waals surface area contributed by atoms with Crippen molar-refractivity contribution in [1.29, 1.82) is 0 Å². The summed E-state index contributed by atoms with van der Waals surface area (Å²) in [5, 5.41) is 3.34. The predicted octanol–water partition coefficient (Wildman–Crippen LogP) is 1.56. The van der Waals surface area contributed by atoms with Gasteiger partial charge in [0.25, 0.3) is 0 Å². The molecule has 0 heterocycles.